The van der Waals surface area contributed by atoms with Crippen LogP contribution in [0.3, 0.4) is 0 Å². The van der Waals surface area contributed by atoms with Gasteiger partial charge in [-0.25, -0.2) is 15.0 Å². The van der Waals surface area contributed by atoms with Crippen LogP contribution in [-0.2, 0) is 9.47 Å². The molecule has 28 heavy (non-hydrogen) atoms. The normalized spacial score (nSPS) is 14.6. The van der Waals surface area contributed by atoms with E-state index in [-0.39, 0.29) is 5.91 Å². The van der Waals surface area contributed by atoms with Gasteiger partial charge in [0.2, 0.25) is 6.29 Å². The van der Waals surface area contributed by atoms with E-state index in [1.54, 1.807) is 6.20 Å². The number of rotatable bonds is 4. The third kappa shape index (κ3) is 3.27. The van der Waals surface area contributed by atoms with Gasteiger partial charge in [0.05, 0.1) is 24.8 Å². The maximum Gasteiger partial charge on any atom is 0.268 e. The standard InChI is InChI=1S/C18H13N5O3S2/c24-15(12-9-20-17(28-12)18-25-6-7-26-18)22-13-10-4-8-27-16(10)23-14(21-13)11-3-1-2-5-19-11/h1-5,8-9,18H,6-7H2,(H,21,22,23,24). The molecule has 0 atom stereocenters. The van der Waals surface area contributed by atoms with Crippen LogP contribution in [0, 0.1) is 0 Å². The van der Waals surface area contributed by atoms with Crippen molar-refractivity contribution < 1.29 is 14.3 Å². The van der Waals surface area contributed by atoms with Gasteiger partial charge in [0, 0.05) is 6.20 Å². The van der Waals surface area contributed by atoms with Gasteiger partial charge < -0.3 is 14.8 Å². The Balaban J connectivity index is 1.46. The zero-order valence-corrected chi connectivity index (χ0v) is 16.0. The smallest absolute Gasteiger partial charge is 0.268 e. The van der Waals surface area contributed by atoms with Crippen molar-refractivity contribution in [2.24, 2.45) is 0 Å². The Hall–Kier alpha value is -2.79. The molecule has 1 saturated heterocycles. The minimum atomic E-state index is -0.495. The summed E-state index contributed by atoms with van der Waals surface area (Å²) in [6.07, 6.45) is 2.71. The number of hydrogen-bond acceptors (Lipinski definition) is 9. The molecule has 0 radical (unpaired) electrons. The monoisotopic (exact) mass is 411 g/mol. The van der Waals surface area contributed by atoms with E-state index in [0.29, 0.717) is 40.4 Å². The maximum absolute atomic E-state index is 12.8. The molecule has 0 saturated carbocycles. The third-order valence-corrected chi connectivity index (χ3v) is 5.85. The molecule has 0 aliphatic carbocycles. The molecule has 0 aromatic carbocycles. The number of aromatic nitrogens is 4. The van der Waals surface area contributed by atoms with Crippen molar-refractivity contribution in [2.75, 3.05) is 18.5 Å². The van der Waals surface area contributed by atoms with E-state index in [1.165, 1.54) is 28.9 Å². The van der Waals surface area contributed by atoms with Gasteiger partial charge in [0.25, 0.3) is 5.91 Å². The van der Waals surface area contributed by atoms with E-state index < -0.39 is 6.29 Å². The first kappa shape index (κ1) is 17.3. The third-order valence-electron chi connectivity index (χ3n) is 4.02. The lowest BCUT2D eigenvalue weighted by Gasteiger charge is -2.07. The molecule has 1 fully saturated rings. The van der Waals surface area contributed by atoms with Crippen LogP contribution < -0.4 is 5.32 Å². The van der Waals surface area contributed by atoms with Gasteiger partial charge >= 0.3 is 0 Å². The average Bonchev–Trinajstić information content (AvgIpc) is 3.49. The predicted octanol–water partition coefficient (Wildman–Crippen LogP) is 3.51. The van der Waals surface area contributed by atoms with E-state index in [1.807, 2.05) is 29.6 Å². The molecule has 1 amide bonds. The van der Waals surface area contributed by atoms with Crippen LogP contribution >= 0.6 is 22.7 Å². The minimum Gasteiger partial charge on any atom is -0.344 e. The number of nitrogens with zero attached hydrogens (tertiary/aromatic N) is 4. The first-order valence-corrected chi connectivity index (χ1v) is 10.1. The first-order chi connectivity index (χ1) is 13.8. The topological polar surface area (TPSA) is 99.1 Å². The Morgan fingerprint density at radius 1 is 1.14 bits per heavy atom. The van der Waals surface area contributed by atoms with Gasteiger partial charge in [-0.3, -0.25) is 9.78 Å². The summed E-state index contributed by atoms with van der Waals surface area (Å²) in [4.78, 5) is 31.6. The number of pyridine rings is 1. The van der Waals surface area contributed by atoms with Crippen LogP contribution in [0.4, 0.5) is 5.82 Å². The minimum absolute atomic E-state index is 0.292. The zero-order valence-electron chi connectivity index (χ0n) is 14.4. The van der Waals surface area contributed by atoms with Crippen LogP contribution in [0.1, 0.15) is 21.0 Å². The summed E-state index contributed by atoms with van der Waals surface area (Å²) in [6.45, 7) is 1.05. The van der Waals surface area contributed by atoms with Gasteiger partial charge in [-0.1, -0.05) is 6.07 Å². The zero-order chi connectivity index (χ0) is 18.9. The summed E-state index contributed by atoms with van der Waals surface area (Å²) in [7, 11) is 0. The first-order valence-electron chi connectivity index (χ1n) is 8.45. The van der Waals surface area contributed by atoms with Crippen LogP contribution in [0.15, 0.2) is 42.0 Å². The molecule has 140 valence electrons. The molecule has 1 aliphatic rings. The molecule has 0 spiro atoms. The van der Waals surface area contributed by atoms with Gasteiger partial charge in [-0.15, -0.1) is 22.7 Å². The molecule has 4 aromatic heterocycles. The summed E-state index contributed by atoms with van der Waals surface area (Å²) >= 11 is 2.72. The number of amides is 1. The molecule has 0 bridgehead atoms. The van der Waals surface area contributed by atoms with Crippen molar-refractivity contribution in [1.82, 2.24) is 19.9 Å². The van der Waals surface area contributed by atoms with Crippen LogP contribution in [0.25, 0.3) is 21.7 Å². The summed E-state index contributed by atoms with van der Waals surface area (Å²) in [6, 6.07) is 7.41. The molecule has 10 heteroatoms. The largest absolute Gasteiger partial charge is 0.344 e. The highest BCUT2D eigenvalue weighted by Gasteiger charge is 2.24. The SMILES string of the molecule is O=C(Nc1nc(-c2ccccn2)nc2sccc12)c1cnc(C2OCCO2)s1. The number of anilines is 1. The lowest BCUT2D eigenvalue weighted by molar-refractivity contribution is -0.0442. The van der Waals surface area contributed by atoms with E-state index in [0.717, 1.165) is 10.2 Å². The fraction of sp³-hybridized carbons (Fsp3) is 0.167. The summed E-state index contributed by atoms with van der Waals surface area (Å²) in [5, 5.41) is 6.20. The number of nitrogens with one attached hydrogen (secondary N) is 1. The van der Waals surface area contributed by atoms with Crippen LogP contribution in [0.2, 0.25) is 0 Å². The van der Waals surface area contributed by atoms with Crippen molar-refractivity contribution in [1.29, 1.82) is 0 Å². The maximum atomic E-state index is 12.8. The predicted molar refractivity (Wildman–Crippen MR) is 105 cm³/mol. The molecule has 1 aliphatic heterocycles. The molecular formula is C18H13N5O3S2. The van der Waals surface area contributed by atoms with E-state index >= 15 is 0 Å². The highest BCUT2D eigenvalue weighted by molar-refractivity contribution is 7.16. The van der Waals surface area contributed by atoms with Gasteiger partial charge in [0.15, 0.2) is 5.82 Å². The Kier molecular flexibility index (Phi) is 4.53. The van der Waals surface area contributed by atoms with Crippen molar-refractivity contribution in [3.63, 3.8) is 0 Å². The molecule has 4 aromatic rings. The highest BCUT2D eigenvalue weighted by atomic mass is 32.1. The van der Waals surface area contributed by atoms with Crippen LogP contribution in [-0.4, -0.2) is 39.1 Å². The fourth-order valence-corrected chi connectivity index (χ4v) is 4.31. The van der Waals surface area contributed by atoms with Crippen LogP contribution in [0.5, 0.6) is 0 Å². The second kappa shape index (κ2) is 7.32. The Morgan fingerprint density at radius 3 is 2.86 bits per heavy atom. The number of carbonyl (C=O) groups is 1. The number of thiophene rings is 1. The Bertz CT molecular complexity index is 1140. The van der Waals surface area contributed by atoms with Crippen molar-refractivity contribution in [3.8, 4) is 11.5 Å². The van der Waals surface area contributed by atoms with Gasteiger partial charge in [-0.05, 0) is 23.6 Å². The Morgan fingerprint density at radius 2 is 2.04 bits per heavy atom. The molecule has 5 rings (SSSR count). The van der Waals surface area contributed by atoms with E-state index in [9.17, 15) is 4.79 Å². The van der Waals surface area contributed by atoms with Crippen molar-refractivity contribution in [3.05, 3.63) is 51.9 Å². The molecular weight excluding hydrogens is 398 g/mol. The number of thiazole rings is 1. The summed E-state index contributed by atoms with van der Waals surface area (Å²) in [5.41, 5.74) is 0.643. The summed E-state index contributed by atoms with van der Waals surface area (Å²) < 4.78 is 10.9. The second-order valence-corrected chi connectivity index (χ2v) is 7.80. The van der Waals surface area contributed by atoms with Gasteiger partial charge in [0.1, 0.15) is 26.2 Å². The quantitative estimate of drug-likeness (QED) is 0.549. The second-order valence-electron chi connectivity index (χ2n) is 5.84. The molecule has 8 nitrogen and oxygen atoms in total. The number of fused-ring (bicyclic) bond motifs is 1. The number of hydrogen-bond donors (Lipinski definition) is 1. The molecule has 5 heterocycles. The van der Waals surface area contributed by atoms with Gasteiger partial charge in [-0.2, -0.15) is 0 Å². The highest BCUT2D eigenvalue weighted by Crippen LogP contribution is 2.30. The number of carbonyl (C=O) groups excluding carboxylic acids is 1. The lowest BCUT2D eigenvalue weighted by atomic mass is 10.3. The molecule has 1 N–H and O–H groups in total. The average molecular weight is 411 g/mol. The summed E-state index contributed by atoms with van der Waals surface area (Å²) in [5.74, 6) is 0.615. The van der Waals surface area contributed by atoms with Crippen molar-refractivity contribution in [2.45, 2.75) is 6.29 Å². The van der Waals surface area contributed by atoms with Crippen molar-refractivity contribution >= 4 is 44.6 Å². The van der Waals surface area contributed by atoms with E-state index in [2.05, 4.69) is 25.3 Å². The number of ether oxygens (including phenoxy) is 2. The fourth-order valence-electron chi connectivity index (χ4n) is 2.73. The lowest BCUT2D eigenvalue weighted by Crippen LogP contribution is -2.12. The molecule has 0 unspecified atom stereocenters. The van der Waals surface area contributed by atoms with E-state index in [4.69, 9.17) is 9.47 Å². The Labute approximate surface area is 167 Å².